The molecule has 0 aliphatic rings. The fraction of sp³-hybridized carbons (Fsp3) is 0.0870. The summed E-state index contributed by atoms with van der Waals surface area (Å²) in [6.45, 7) is 5.38. The summed E-state index contributed by atoms with van der Waals surface area (Å²) in [5.41, 5.74) is 13.7. The Morgan fingerprint density at radius 3 is 2.06 bits per heavy atom. The fourth-order valence-electron chi connectivity index (χ4n) is 2.47. The Morgan fingerprint density at radius 2 is 1.61 bits per heavy atom. The lowest BCUT2D eigenvalue weighted by Crippen LogP contribution is -2.11. The number of rotatable bonds is 5. The zero-order chi connectivity index (χ0) is 25.0. The van der Waals surface area contributed by atoms with Gasteiger partial charge in [0.15, 0.2) is 0 Å². The van der Waals surface area contributed by atoms with E-state index in [1.54, 1.807) is 36.4 Å². The van der Waals surface area contributed by atoms with Crippen LogP contribution in [0.5, 0.6) is 0 Å². The molecule has 10 heteroatoms. The highest BCUT2D eigenvalue weighted by Crippen LogP contribution is 2.22. The van der Waals surface area contributed by atoms with Gasteiger partial charge in [-0.25, -0.2) is 0 Å². The van der Waals surface area contributed by atoms with Gasteiger partial charge in [-0.1, -0.05) is 12.1 Å². The highest BCUT2D eigenvalue weighted by molar-refractivity contribution is 7.85. The third-order valence-electron chi connectivity index (χ3n) is 4.11. The smallest absolute Gasteiger partial charge is 0.294 e. The van der Waals surface area contributed by atoms with Gasteiger partial charge < -0.3 is 16.8 Å². The van der Waals surface area contributed by atoms with Crippen LogP contribution in [0.4, 0.5) is 17.1 Å². The van der Waals surface area contributed by atoms with E-state index in [0.29, 0.717) is 22.5 Å². The van der Waals surface area contributed by atoms with E-state index in [2.05, 4.69) is 22.8 Å². The van der Waals surface area contributed by atoms with Gasteiger partial charge in [-0.05, 0) is 80.8 Å². The Balaban J connectivity index is 0.000000354. The summed E-state index contributed by atoms with van der Waals surface area (Å²) in [5, 5.41) is 2.80. The first kappa shape index (κ1) is 27.2. The van der Waals surface area contributed by atoms with Gasteiger partial charge >= 0.3 is 0 Å². The summed E-state index contributed by atoms with van der Waals surface area (Å²) in [6.07, 6.45) is 0.742. The molecule has 0 saturated heterocycles. The van der Waals surface area contributed by atoms with Crippen LogP contribution in [0.25, 0.3) is 0 Å². The topological polar surface area (TPSA) is 165 Å². The average molecular weight is 471 g/mol. The minimum absolute atomic E-state index is 0.147. The van der Waals surface area contributed by atoms with Crippen LogP contribution in [0.2, 0.25) is 0 Å². The van der Waals surface area contributed by atoms with Crippen LogP contribution in [0.1, 0.15) is 26.3 Å². The van der Waals surface area contributed by atoms with Crippen LogP contribution >= 0.6 is 0 Å². The Kier molecular flexibility index (Phi) is 10.6. The molecule has 9 nitrogen and oxygen atoms in total. The molecule has 0 atom stereocenters. The van der Waals surface area contributed by atoms with Crippen molar-refractivity contribution in [1.29, 1.82) is 0 Å². The number of carbonyl (C=O) groups is 2. The first-order valence-electron chi connectivity index (χ1n) is 9.49. The van der Waals surface area contributed by atoms with Gasteiger partial charge in [-0.15, -0.1) is 0 Å². The highest BCUT2D eigenvalue weighted by atomic mass is 32.2. The third kappa shape index (κ3) is 8.65. The normalized spacial score (nSPS) is 9.94. The minimum Gasteiger partial charge on any atom is -0.399 e. The number of benzene rings is 3. The number of aldehydes is 1. The second-order valence-corrected chi connectivity index (χ2v) is 7.82. The van der Waals surface area contributed by atoms with E-state index >= 15 is 0 Å². The van der Waals surface area contributed by atoms with Gasteiger partial charge in [0, 0.05) is 22.5 Å². The SMILES string of the molecule is C=Nc1ccc(NC(=O)c2ccc(C=O)cc2)cc1C.CN.Nc1ccc(S(=O)(=O)O)cc1. The maximum absolute atomic E-state index is 12.0. The molecule has 6 N–H and O–H groups in total. The van der Waals surface area contributed by atoms with Gasteiger partial charge in [0.1, 0.15) is 6.29 Å². The molecule has 0 unspecified atom stereocenters. The van der Waals surface area contributed by atoms with Crippen molar-refractivity contribution in [2.24, 2.45) is 10.7 Å². The van der Waals surface area contributed by atoms with Crippen LogP contribution in [0.15, 0.2) is 76.6 Å². The number of nitrogen functional groups attached to an aromatic ring is 1. The highest BCUT2D eigenvalue weighted by Gasteiger charge is 2.08. The first-order valence-corrected chi connectivity index (χ1v) is 10.9. The van der Waals surface area contributed by atoms with Crippen molar-refractivity contribution in [1.82, 2.24) is 0 Å². The Hall–Kier alpha value is -3.86. The maximum Gasteiger partial charge on any atom is 0.294 e. The summed E-state index contributed by atoms with van der Waals surface area (Å²) in [7, 11) is -2.58. The average Bonchev–Trinajstić information content (AvgIpc) is 2.80. The second-order valence-electron chi connectivity index (χ2n) is 6.40. The van der Waals surface area contributed by atoms with Gasteiger partial charge in [0.05, 0.1) is 10.6 Å². The monoisotopic (exact) mass is 470 g/mol. The van der Waals surface area contributed by atoms with Crippen molar-refractivity contribution in [3.05, 3.63) is 83.4 Å². The zero-order valence-electron chi connectivity index (χ0n) is 18.2. The molecule has 3 rings (SSSR count). The van der Waals surface area contributed by atoms with Gasteiger partial charge in [-0.3, -0.25) is 19.1 Å². The summed E-state index contributed by atoms with van der Waals surface area (Å²) in [4.78, 5) is 26.3. The lowest BCUT2D eigenvalue weighted by Gasteiger charge is -2.07. The minimum atomic E-state index is -4.08. The lowest BCUT2D eigenvalue weighted by atomic mass is 10.1. The number of anilines is 2. The van der Waals surface area contributed by atoms with Crippen LogP contribution in [0, 0.1) is 6.92 Å². The van der Waals surface area contributed by atoms with E-state index in [1.165, 1.54) is 31.3 Å². The van der Waals surface area contributed by atoms with E-state index < -0.39 is 10.1 Å². The van der Waals surface area contributed by atoms with Crippen LogP contribution < -0.4 is 16.8 Å². The van der Waals surface area contributed by atoms with Crippen molar-refractivity contribution in [2.75, 3.05) is 18.1 Å². The molecule has 3 aromatic rings. The van der Waals surface area contributed by atoms with Crippen LogP contribution in [-0.4, -0.2) is 38.9 Å². The standard InChI is InChI=1S/C16H14N2O2.C6H7NO3S.CH5N/c1-11-9-14(7-8-15(11)17-2)18-16(20)13-5-3-12(10-19)4-6-13;7-5-1-3-6(4-2-5)11(8,9)10;1-2/h3-10H,2H2,1H3,(H,18,20);1-4H,7H2,(H,8,9,10);2H2,1H3. The van der Waals surface area contributed by atoms with Gasteiger partial charge in [-0.2, -0.15) is 8.42 Å². The van der Waals surface area contributed by atoms with Crippen molar-refractivity contribution in [2.45, 2.75) is 11.8 Å². The maximum atomic E-state index is 12.0. The van der Waals surface area contributed by atoms with E-state index in [4.69, 9.17) is 10.3 Å². The van der Waals surface area contributed by atoms with Crippen LogP contribution in [-0.2, 0) is 10.1 Å². The summed E-state index contributed by atoms with van der Waals surface area (Å²) in [5.74, 6) is -0.221. The fourth-order valence-corrected chi connectivity index (χ4v) is 2.95. The molecular formula is C23H26N4O5S. The van der Waals surface area contributed by atoms with Gasteiger partial charge in [0.2, 0.25) is 0 Å². The molecule has 0 aliphatic heterocycles. The number of nitrogens with one attached hydrogen (secondary N) is 1. The van der Waals surface area contributed by atoms with Crippen molar-refractivity contribution in [3.8, 4) is 0 Å². The summed E-state index contributed by atoms with van der Waals surface area (Å²) in [6, 6.07) is 17.2. The lowest BCUT2D eigenvalue weighted by molar-refractivity contribution is 0.102. The zero-order valence-corrected chi connectivity index (χ0v) is 19.0. The molecule has 0 bridgehead atoms. The second kappa shape index (κ2) is 12.9. The van der Waals surface area contributed by atoms with Crippen LogP contribution in [0.3, 0.4) is 0 Å². The summed E-state index contributed by atoms with van der Waals surface area (Å²) >= 11 is 0. The molecular weight excluding hydrogens is 444 g/mol. The number of hydrogen-bond acceptors (Lipinski definition) is 7. The number of aliphatic imine (C=N–C) groups is 1. The molecule has 33 heavy (non-hydrogen) atoms. The molecule has 0 spiro atoms. The van der Waals surface area contributed by atoms with Crippen molar-refractivity contribution >= 4 is 46.1 Å². The van der Waals surface area contributed by atoms with E-state index in [9.17, 15) is 18.0 Å². The molecule has 3 aromatic carbocycles. The number of carbonyl (C=O) groups excluding carboxylic acids is 2. The predicted molar refractivity (Wildman–Crippen MR) is 131 cm³/mol. The Labute approximate surface area is 192 Å². The number of aryl methyl sites for hydroxylation is 1. The van der Waals surface area contributed by atoms with E-state index in [-0.39, 0.29) is 10.8 Å². The molecule has 0 fully saturated rings. The molecule has 1 amide bonds. The Bertz CT molecular complexity index is 1190. The summed E-state index contributed by atoms with van der Waals surface area (Å²) < 4.78 is 29.4. The number of nitrogens with two attached hydrogens (primary N) is 2. The quantitative estimate of drug-likeness (QED) is 0.192. The largest absolute Gasteiger partial charge is 0.399 e. The van der Waals surface area contributed by atoms with E-state index in [1.807, 2.05) is 13.0 Å². The molecule has 0 radical (unpaired) electrons. The molecule has 0 saturated carbocycles. The molecule has 0 heterocycles. The predicted octanol–water partition coefficient (Wildman–Crippen LogP) is 3.48. The molecule has 0 aromatic heterocycles. The van der Waals surface area contributed by atoms with Crippen molar-refractivity contribution < 1.29 is 22.6 Å². The molecule has 0 aliphatic carbocycles. The number of nitrogens with zero attached hydrogens (tertiary/aromatic N) is 1. The van der Waals surface area contributed by atoms with Gasteiger partial charge in [0.25, 0.3) is 16.0 Å². The first-order chi connectivity index (χ1) is 15.6. The Morgan fingerprint density at radius 1 is 1.03 bits per heavy atom. The van der Waals surface area contributed by atoms with E-state index in [0.717, 1.165) is 17.5 Å². The van der Waals surface area contributed by atoms with Crippen molar-refractivity contribution in [3.63, 3.8) is 0 Å². The molecule has 174 valence electrons. The third-order valence-corrected chi connectivity index (χ3v) is 4.98. The number of hydrogen-bond donors (Lipinski definition) is 4. The number of amides is 1.